The maximum absolute atomic E-state index is 12.9. The van der Waals surface area contributed by atoms with Crippen molar-refractivity contribution in [1.82, 2.24) is 9.88 Å². The summed E-state index contributed by atoms with van der Waals surface area (Å²) in [6.07, 6.45) is 0.669. The number of hydrogen-bond acceptors (Lipinski definition) is 5. The first-order valence-corrected chi connectivity index (χ1v) is 12.7. The van der Waals surface area contributed by atoms with E-state index in [4.69, 9.17) is 4.98 Å². The van der Waals surface area contributed by atoms with Crippen molar-refractivity contribution < 1.29 is 14.4 Å². The Balaban J connectivity index is 1.33. The average Bonchev–Trinajstić information content (AvgIpc) is 3.41. The summed E-state index contributed by atoms with van der Waals surface area (Å²) in [6.45, 7) is 5.82. The molecule has 3 amide bonds. The number of imide groups is 1. The van der Waals surface area contributed by atoms with E-state index in [-0.39, 0.29) is 29.3 Å². The number of benzene rings is 3. The Morgan fingerprint density at radius 2 is 1.64 bits per heavy atom. The molecule has 0 saturated carbocycles. The normalized spacial score (nSPS) is 13.6. The van der Waals surface area contributed by atoms with E-state index < -0.39 is 0 Å². The fraction of sp³-hybridized carbons (Fsp3) is 0.172. The molecular weight excluding hydrogens is 470 g/mol. The molecule has 0 aliphatic carbocycles. The van der Waals surface area contributed by atoms with Gasteiger partial charge in [0, 0.05) is 33.3 Å². The number of amides is 3. The summed E-state index contributed by atoms with van der Waals surface area (Å²) in [6, 6.07) is 22.1. The number of hydrogen-bond donors (Lipinski definition) is 1. The number of carbonyl (C=O) groups is 3. The summed E-state index contributed by atoms with van der Waals surface area (Å²) in [4.78, 5) is 45.6. The number of anilines is 1. The number of thiazole rings is 1. The van der Waals surface area contributed by atoms with E-state index in [1.54, 1.807) is 23.5 Å². The molecule has 4 aromatic rings. The molecule has 1 aliphatic heterocycles. The van der Waals surface area contributed by atoms with Gasteiger partial charge in [-0.3, -0.25) is 19.3 Å². The third-order valence-corrected chi connectivity index (χ3v) is 7.47. The van der Waals surface area contributed by atoms with E-state index in [1.165, 1.54) is 11.0 Å². The summed E-state index contributed by atoms with van der Waals surface area (Å²) < 4.78 is 0. The zero-order valence-electron chi connectivity index (χ0n) is 20.2. The van der Waals surface area contributed by atoms with Gasteiger partial charge >= 0.3 is 0 Å². The highest BCUT2D eigenvalue weighted by Gasteiger charge is 2.38. The molecule has 1 N–H and O–H groups in total. The summed E-state index contributed by atoms with van der Waals surface area (Å²) >= 11 is 1.65. The Kier molecular flexibility index (Phi) is 6.24. The van der Waals surface area contributed by atoms with E-state index in [0.717, 1.165) is 26.7 Å². The number of aryl methyl sites for hydroxylation is 1. The maximum Gasteiger partial charge on any atom is 0.261 e. The second-order valence-corrected chi connectivity index (χ2v) is 10.0. The van der Waals surface area contributed by atoms with Crippen LogP contribution in [0.25, 0.3) is 21.8 Å². The van der Waals surface area contributed by atoms with Crippen molar-refractivity contribution in [3.63, 3.8) is 0 Å². The molecular formula is C29H25N3O3S. The van der Waals surface area contributed by atoms with Crippen molar-refractivity contribution in [1.29, 1.82) is 0 Å². The van der Waals surface area contributed by atoms with E-state index in [9.17, 15) is 14.4 Å². The van der Waals surface area contributed by atoms with Crippen LogP contribution in [-0.2, 0) is 0 Å². The SMILES string of the molecule is CCC(C)N1C(=O)c2ccc(C(=O)Nc3ccc(-c4nc(-c5ccccc5)sc4C)cc3)cc2C1=O. The second kappa shape index (κ2) is 9.51. The number of nitrogens with zero attached hydrogens (tertiary/aromatic N) is 2. The highest BCUT2D eigenvalue weighted by molar-refractivity contribution is 7.15. The molecule has 36 heavy (non-hydrogen) atoms. The minimum atomic E-state index is -0.350. The fourth-order valence-corrected chi connectivity index (χ4v) is 5.21. The Morgan fingerprint density at radius 3 is 2.33 bits per heavy atom. The van der Waals surface area contributed by atoms with E-state index in [1.807, 2.05) is 68.4 Å². The lowest BCUT2D eigenvalue weighted by Crippen LogP contribution is -2.37. The van der Waals surface area contributed by atoms with Crippen molar-refractivity contribution in [2.24, 2.45) is 0 Å². The van der Waals surface area contributed by atoms with Gasteiger partial charge in [0.15, 0.2) is 0 Å². The maximum atomic E-state index is 12.9. The van der Waals surface area contributed by atoms with Gasteiger partial charge < -0.3 is 5.32 Å². The predicted octanol–water partition coefficient (Wildman–Crippen LogP) is 6.43. The summed E-state index contributed by atoms with van der Waals surface area (Å²) in [5.74, 6) is -1.000. The van der Waals surface area contributed by atoms with Crippen LogP contribution >= 0.6 is 11.3 Å². The molecule has 3 aromatic carbocycles. The minimum Gasteiger partial charge on any atom is -0.322 e. The fourth-order valence-electron chi connectivity index (χ4n) is 4.27. The largest absolute Gasteiger partial charge is 0.322 e. The van der Waals surface area contributed by atoms with Crippen molar-refractivity contribution in [3.05, 3.63) is 94.4 Å². The molecule has 180 valence electrons. The quantitative estimate of drug-likeness (QED) is 0.313. The van der Waals surface area contributed by atoms with Gasteiger partial charge in [-0.1, -0.05) is 49.4 Å². The molecule has 6 nitrogen and oxygen atoms in total. The molecule has 0 bridgehead atoms. The van der Waals surface area contributed by atoms with Crippen LogP contribution in [0.4, 0.5) is 5.69 Å². The van der Waals surface area contributed by atoms with Crippen LogP contribution in [0.15, 0.2) is 72.8 Å². The molecule has 1 aliphatic rings. The van der Waals surface area contributed by atoms with Gasteiger partial charge in [-0.25, -0.2) is 4.98 Å². The Hall–Kier alpha value is -4.10. The van der Waals surface area contributed by atoms with Gasteiger partial charge in [0.1, 0.15) is 5.01 Å². The van der Waals surface area contributed by atoms with Gasteiger partial charge in [-0.2, -0.15) is 0 Å². The number of rotatable bonds is 6. The molecule has 7 heteroatoms. The molecule has 2 heterocycles. The van der Waals surface area contributed by atoms with Crippen LogP contribution in [0.5, 0.6) is 0 Å². The lowest BCUT2D eigenvalue weighted by molar-refractivity contribution is 0.0593. The Bertz CT molecular complexity index is 1480. The summed E-state index contributed by atoms with van der Waals surface area (Å²) in [7, 11) is 0. The van der Waals surface area contributed by atoms with Crippen molar-refractivity contribution in [2.45, 2.75) is 33.2 Å². The number of aromatic nitrogens is 1. The first-order valence-electron chi connectivity index (χ1n) is 11.8. The van der Waals surface area contributed by atoms with Gasteiger partial charge in [-0.05, 0) is 50.6 Å². The molecule has 0 spiro atoms. The van der Waals surface area contributed by atoms with Crippen LogP contribution in [0, 0.1) is 6.92 Å². The van der Waals surface area contributed by atoms with Crippen LogP contribution in [0.3, 0.4) is 0 Å². The van der Waals surface area contributed by atoms with Crippen molar-refractivity contribution >= 4 is 34.7 Å². The standard InChI is InChI=1S/C29H25N3O3S/c1-4-17(2)32-28(34)23-15-12-21(16-24(23)29(32)35)26(33)30-22-13-10-19(11-14-22)25-18(3)36-27(31-25)20-8-6-5-7-9-20/h5-17H,4H2,1-3H3,(H,30,33). The van der Waals surface area contributed by atoms with Gasteiger partial charge in [0.25, 0.3) is 17.7 Å². The summed E-state index contributed by atoms with van der Waals surface area (Å²) in [5.41, 5.74) is 4.55. The van der Waals surface area contributed by atoms with Crippen LogP contribution in [0.2, 0.25) is 0 Å². The topological polar surface area (TPSA) is 79.4 Å². The molecule has 1 aromatic heterocycles. The lowest BCUT2D eigenvalue weighted by atomic mass is 10.1. The van der Waals surface area contributed by atoms with E-state index >= 15 is 0 Å². The smallest absolute Gasteiger partial charge is 0.261 e. The summed E-state index contributed by atoms with van der Waals surface area (Å²) in [5, 5.41) is 3.85. The zero-order chi connectivity index (χ0) is 25.4. The monoisotopic (exact) mass is 495 g/mol. The molecule has 1 unspecified atom stereocenters. The number of fused-ring (bicyclic) bond motifs is 1. The molecule has 1 atom stereocenters. The predicted molar refractivity (Wildman–Crippen MR) is 142 cm³/mol. The van der Waals surface area contributed by atoms with Crippen molar-refractivity contribution in [2.75, 3.05) is 5.32 Å². The molecule has 5 rings (SSSR count). The van der Waals surface area contributed by atoms with Gasteiger partial charge in [-0.15, -0.1) is 11.3 Å². The zero-order valence-corrected chi connectivity index (χ0v) is 21.1. The van der Waals surface area contributed by atoms with E-state index in [0.29, 0.717) is 23.2 Å². The number of nitrogens with one attached hydrogen (secondary N) is 1. The highest BCUT2D eigenvalue weighted by atomic mass is 32.1. The highest BCUT2D eigenvalue weighted by Crippen LogP contribution is 2.34. The average molecular weight is 496 g/mol. The van der Waals surface area contributed by atoms with Crippen molar-refractivity contribution in [3.8, 4) is 21.8 Å². The van der Waals surface area contributed by atoms with Gasteiger partial charge in [0.05, 0.1) is 16.8 Å². The second-order valence-electron chi connectivity index (χ2n) is 8.82. The number of carbonyl (C=O) groups excluding carboxylic acids is 3. The van der Waals surface area contributed by atoms with Crippen LogP contribution in [0.1, 0.15) is 56.2 Å². The third-order valence-electron chi connectivity index (χ3n) is 6.45. The first kappa shape index (κ1) is 23.6. The first-order chi connectivity index (χ1) is 17.4. The molecule has 0 fully saturated rings. The van der Waals surface area contributed by atoms with Crippen LogP contribution in [-0.4, -0.2) is 33.6 Å². The van der Waals surface area contributed by atoms with Crippen LogP contribution < -0.4 is 5.32 Å². The molecule has 0 radical (unpaired) electrons. The Morgan fingerprint density at radius 1 is 0.944 bits per heavy atom. The third kappa shape index (κ3) is 4.22. The Labute approximate surface area is 213 Å². The van der Waals surface area contributed by atoms with Gasteiger partial charge in [0.2, 0.25) is 0 Å². The minimum absolute atomic E-state index is 0.196. The molecule has 0 saturated heterocycles. The lowest BCUT2D eigenvalue weighted by Gasteiger charge is -2.20. The van der Waals surface area contributed by atoms with E-state index in [2.05, 4.69) is 12.2 Å².